The molecule has 0 radical (unpaired) electrons. The van der Waals surface area contributed by atoms with Crippen LogP contribution in [0.4, 0.5) is 0 Å². The quantitative estimate of drug-likeness (QED) is 0.530. The van der Waals surface area contributed by atoms with Gasteiger partial charge in [-0.1, -0.05) is 13.3 Å². The molecule has 10 heavy (non-hydrogen) atoms. The van der Waals surface area contributed by atoms with E-state index < -0.39 is 0 Å². The molecule has 0 saturated carbocycles. The Labute approximate surface area is 62.6 Å². The van der Waals surface area contributed by atoms with Gasteiger partial charge in [-0.3, -0.25) is 0 Å². The molecule has 0 amide bonds. The van der Waals surface area contributed by atoms with Crippen molar-refractivity contribution in [2.45, 2.75) is 26.2 Å². The molecule has 0 aromatic heterocycles. The van der Waals surface area contributed by atoms with Crippen molar-refractivity contribution in [3.63, 3.8) is 0 Å². The Kier molecular flexibility index (Phi) is 6.50. The van der Waals surface area contributed by atoms with Gasteiger partial charge in [0.25, 0.3) is 0 Å². The van der Waals surface area contributed by atoms with Crippen LogP contribution in [0.25, 0.3) is 0 Å². The molecular formula is C8H16O2. The minimum atomic E-state index is 0.213. The summed E-state index contributed by atoms with van der Waals surface area (Å²) in [6.07, 6.45) is 3.97. The van der Waals surface area contributed by atoms with E-state index in [1.807, 2.05) is 0 Å². The Morgan fingerprint density at radius 1 is 1.50 bits per heavy atom. The lowest BCUT2D eigenvalue weighted by atomic mass is 10.0. The number of rotatable bonds is 6. The maximum absolute atomic E-state index is 10.3. The number of methoxy groups -OCH3 is 1. The number of hydrogen-bond donors (Lipinski definition) is 0. The molecule has 0 aromatic rings. The van der Waals surface area contributed by atoms with Crippen LogP contribution in [0.5, 0.6) is 0 Å². The molecular weight excluding hydrogens is 128 g/mol. The molecule has 0 fully saturated rings. The average Bonchev–Trinajstić information content (AvgIpc) is 1.98. The van der Waals surface area contributed by atoms with Crippen molar-refractivity contribution >= 4 is 6.29 Å². The van der Waals surface area contributed by atoms with Gasteiger partial charge >= 0.3 is 0 Å². The zero-order chi connectivity index (χ0) is 7.82. The van der Waals surface area contributed by atoms with Gasteiger partial charge in [0.15, 0.2) is 0 Å². The summed E-state index contributed by atoms with van der Waals surface area (Å²) in [7, 11) is 1.66. The lowest BCUT2D eigenvalue weighted by Crippen LogP contribution is -2.04. The molecule has 0 rings (SSSR count). The Hall–Kier alpha value is -0.370. The fourth-order valence-electron chi connectivity index (χ4n) is 0.920. The van der Waals surface area contributed by atoms with Crippen LogP contribution in [-0.4, -0.2) is 20.0 Å². The second kappa shape index (κ2) is 6.75. The third-order valence-corrected chi connectivity index (χ3v) is 1.54. The predicted octanol–water partition coefficient (Wildman–Crippen LogP) is 1.64. The van der Waals surface area contributed by atoms with Gasteiger partial charge in [0.1, 0.15) is 6.29 Å². The molecule has 0 aliphatic rings. The van der Waals surface area contributed by atoms with E-state index >= 15 is 0 Å². The highest BCUT2D eigenvalue weighted by Crippen LogP contribution is 2.07. The molecule has 0 aromatic carbocycles. The normalized spacial score (nSPS) is 13.0. The fourth-order valence-corrected chi connectivity index (χ4v) is 0.920. The summed E-state index contributed by atoms with van der Waals surface area (Å²) in [5.74, 6) is 0.213. The van der Waals surface area contributed by atoms with E-state index in [1.54, 1.807) is 7.11 Å². The van der Waals surface area contributed by atoms with Crippen molar-refractivity contribution in [2.24, 2.45) is 5.92 Å². The number of ether oxygens (including phenoxy) is 1. The zero-order valence-corrected chi connectivity index (χ0v) is 6.80. The van der Waals surface area contributed by atoms with Crippen LogP contribution in [-0.2, 0) is 9.53 Å². The molecule has 2 nitrogen and oxygen atoms in total. The topological polar surface area (TPSA) is 26.3 Å². The van der Waals surface area contributed by atoms with Gasteiger partial charge in [-0.05, 0) is 12.8 Å². The standard InChI is InChI=1S/C8H16O2/c1-3-4-8(7-9)5-6-10-2/h7-8H,3-6H2,1-2H3/t8-/m0/s1. The first-order valence-electron chi connectivity index (χ1n) is 3.79. The number of carbonyl (C=O) groups is 1. The van der Waals surface area contributed by atoms with E-state index in [0.717, 1.165) is 25.5 Å². The molecule has 60 valence electrons. The summed E-state index contributed by atoms with van der Waals surface area (Å²) in [6.45, 7) is 2.78. The zero-order valence-electron chi connectivity index (χ0n) is 6.80. The first-order chi connectivity index (χ1) is 4.85. The Balaban J connectivity index is 3.29. The van der Waals surface area contributed by atoms with Crippen LogP contribution in [0.3, 0.4) is 0 Å². The highest BCUT2D eigenvalue weighted by Gasteiger charge is 2.03. The van der Waals surface area contributed by atoms with E-state index in [2.05, 4.69) is 6.92 Å². The van der Waals surface area contributed by atoms with Crippen molar-refractivity contribution in [1.82, 2.24) is 0 Å². The fraction of sp³-hybridized carbons (Fsp3) is 0.875. The average molecular weight is 144 g/mol. The third kappa shape index (κ3) is 4.50. The highest BCUT2D eigenvalue weighted by atomic mass is 16.5. The molecule has 0 spiro atoms. The monoisotopic (exact) mass is 144 g/mol. The largest absolute Gasteiger partial charge is 0.385 e. The summed E-state index contributed by atoms with van der Waals surface area (Å²) in [5, 5.41) is 0. The minimum Gasteiger partial charge on any atom is -0.385 e. The molecule has 0 unspecified atom stereocenters. The Morgan fingerprint density at radius 2 is 2.20 bits per heavy atom. The van der Waals surface area contributed by atoms with Crippen LogP contribution < -0.4 is 0 Å². The summed E-state index contributed by atoms with van der Waals surface area (Å²) in [5.41, 5.74) is 0. The lowest BCUT2D eigenvalue weighted by Gasteiger charge is -2.06. The number of aldehydes is 1. The summed E-state index contributed by atoms with van der Waals surface area (Å²) in [6, 6.07) is 0. The maximum Gasteiger partial charge on any atom is 0.123 e. The van der Waals surface area contributed by atoms with Crippen LogP contribution in [0.1, 0.15) is 26.2 Å². The first-order valence-corrected chi connectivity index (χ1v) is 3.79. The molecule has 0 heterocycles. The van der Waals surface area contributed by atoms with Crippen molar-refractivity contribution < 1.29 is 9.53 Å². The van der Waals surface area contributed by atoms with Crippen molar-refractivity contribution in [3.05, 3.63) is 0 Å². The van der Waals surface area contributed by atoms with Gasteiger partial charge in [0, 0.05) is 19.6 Å². The molecule has 0 N–H and O–H groups in total. The van der Waals surface area contributed by atoms with Crippen molar-refractivity contribution in [1.29, 1.82) is 0 Å². The van der Waals surface area contributed by atoms with Gasteiger partial charge in [0.05, 0.1) is 0 Å². The van der Waals surface area contributed by atoms with Gasteiger partial charge in [-0.15, -0.1) is 0 Å². The lowest BCUT2D eigenvalue weighted by molar-refractivity contribution is -0.111. The van der Waals surface area contributed by atoms with E-state index in [0.29, 0.717) is 6.61 Å². The van der Waals surface area contributed by atoms with Gasteiger partial charge in [-0.2, -0.15) is 0 Å². The summed E-state index contributed by atoms with van der Waals surface area (Å²) < 4.78 is 4.86. The van der Waals surface area contributed by atoms with Gasteiger partial charge in [0.2, 0.25) is 0 Å². The Morgan fingerprint density at radius 3 is 2.60 bits per heavy atom. The Bertz CT molecular complexity index is 81.3. The van der Waals surface area contributed by atoms with E-state index in [1.165, 1.54) is 0 Å². The molecule has 2 heteroatoms. The van der Waals surface area contributed by atoms with Crippen molar-refractivity contribution in [3.8, 4) is 0 Å². The number of carbonyl (C=O) groups excluding carboxylic acids is 1. The van der Waals surface area contributed by atoms with Crippen LogP contribution in [0.2, 0.25) is 0 Å². The molecule has 0 aliphatic heterocycles. The van der Waals surface area contributed by atoms with Crippen LogP contribution in [0.15, 0.2) is 0 Å². The van der Waals surface area contributed by atoms with E-state index in [9.17, 15) is 4.79 Å². The van der Waals surface area contributed by atoms with Crippen molar-refractivity contribution in [2.75, 3.05) is 13.7 Å². The van der Waals surface area contributed by atoms with E-state index in [4.69, 9.17) is 4.74 Å². The summed E-state index contributed by atoms with van der Waals surface area (Å²) in [4.78, 5) is 10.3. The minimum absolute atomic E-state index is 0.213. The molecule has 0 saturated heterocycles. The van der Waals surface area contributed by atoms with Gasteiger partial charge in [-0.25, -0.2) is 0 Å². The molecule has 0 aliphatic carbocycles. The second-order valence-corrected chi connectivity index (χ2v) is 2.47. The molecule has 1 atom stereocenters. The van der Waals surface area contributed by atoms with Gasteiger partial charge < -0.3 is 9.53 Å². The second-order valence-electron chi connectivity index (χ2n) is 2.47. The first kappa shape index (κ1) is 9.63. The SMILES string of the molecule is CCC[C@H](C=O)CCOC. The summed E-state index contributed by atoms with van der Waals surface area (Å²) >= 11 is 0. The van der Waals surface area contributed by atoms with E-state index in [-0.39, 0.29) is 5.92 Å². The predicted molar refractivity (Wildman–Crippen MR) is 41.0 cm³/mol. The smallest absolute Gasteiger partial charge is 0.123 e. The maximum atomic E-state index is 10.3. The molecule has 0 bridgehead atoms. The third-order valence-electron chi connectivity index (χ3n) is 1.54. The van der Waals surface area contributed by atoms with Crippen LogP contribution >= 0.6 is 0 Å². The number of hydrogen-bond acceptors (Lipinski definition) is 2. The van der Waals surface area contributed by atoms with Crippen LogP contribution in [0, 0.1) is 5.92 Å². The highest BCUT2D eigenvalue weighted by molar-refractivity contribution is 5.53.